The van der Waals surface area contributed by atoms with Crippen molar-refractivity contribution >= 4 is 0 Å². The van der Waals surface area contributed by atoms with Crippen LogP contribution >= 0.6 is 0 Å². The third-order valence-electron chi connectivity index (χ3n) is 3.31. The molecule has 0 fully saturated rings. The fourth-order valence-corrected chi connectivity index (χ4v) is 1.93. The lowest BCUT2D eigenvalue weighted by atomic mass is 9.96. The van der Waals surface area contributed by atoms with Crippen LogP contribution in [0, 0.1) is 60.4 Å². The molecular formula is C14H6F8. The van der Waals surface area contributed by atoms with Crippen LogP contribution in [0.25, 0.3) is 11.1 Å². The van der Waals surface area contributed by atoms with Crippen LogP contribution in [-0.2, 0) is 0 Å². The highest BCUT2D eigenvalue weighted by molar-refractivity contribution is 5.68. The van der Waals surface area contributed by atoms with E-state index in [0.717, 1.165) is 13.8 Å². The van der Waals surface area contributed by atoms with Crippen LogP contribution in [0.2, 0.25) is 0 Å². The van der Waals surface area contributed by atoms with Gasteiger partial charge in [0.25, 0.3) is 0 Å². The van der Waals surface area contributed by atoms with Crippen LogP contribution in [-0.4, -0.2) is 0 Å². The van der Waals surface area contributed by atoms with Gasteiger partial charge < -0.3 is 0 Å². The number of hydrogen-bond donors (Lipinski definition) is 0. The zero-order valence-electron chi connectivity index (χ0n) is 11.0. The Labute approximate surface area is 119 Å². The largest absolute Gasteiger partial charge is 0.206 e. The summed E-state index contributed by atoms with van der Waals surface area (Å²) in [7, 11) is 0. The molecule has 0 nitrogen and oxygen atoms in total. The molecule has 0 aliphatic rings. The molecule has 118 valence electrons. The van der Waals surface area contributed by atoms with Crippen LogP contribution in [0.5, 0.6) is 0 Å². The average Bonchev–Trinajstić information content (AvgIpc) is 2.50. The summed E-state index contributed by atoms with van der Waals surface area (Å²) in [6.07, 6.45) is 0. The van der Waals surface area contributed by atoms with E-state index in [0.29, 0.717) is 0 Å². The maximum absolute atomic E-state index is 14.0. The molecule has 0 saturated carbocycles. The highest BCUT2D eigenvalue weighted by Gasteiger charge is 2.32. The Balaban J connectivity index is 3.03. The Morgan fingerprint density at radius 1 is 0.364 bits per heavy atom. The number of halogens is 8. The number of benzene rings is 2. The molecule has 0 amide bonds. The van der Waals surface area contributed by atoms with Crippen molar-refractivity contribution in [3.05, 3.63) is 57.7 Å². The van der Waals surface area contributed by atoms with Gasteiger partial charge in [-0.05, 0) is 25.0 Å². The molecule has 0 radical (unpaired) electrons. The minimum atomic E-state index is -2.48. The molecular weight excluding hydrogens is 320 g/mol. The average molecular weight is 326 g/mol. The minimum absolute atomic E-state index is 0.484. The Bertz CT molecular complexity index is 669. The molecule has 0 aromatic heterocycles. The van der Waals surface area contributed by atoms with Crippen molar-refractivity contribution in [3.63, 3.8) is 0 Å². The van der Waals surface area contributed by atoms with Crippen molar-refractivity contribution in [2.45, 2.75) is 13.8 Å². The smallest absolute Gasteiger partial charge is 0.200 e. The van der Waals surface area contributed by atoms with Crippen LogP contribution in [0.4, 0.5) is 35.1 Å². The summed E-state index contributed by atoms with van der Waals surface area (Å²) >= 11 is 0. The Morgan fingerprint density at radius 3 is 1.09 bits per heavy atom. The molecule has 0 unspecified atom stereocenters. The van der Waals surface area contributed by atoms with Crippen molar-refractivity contribution in [2.75, 3.05) is 0 Å². The van der Waals surface area contributed by atoms with Gasteiger partial charge in [0.05, 0.1) is 11.1 Å². The van der Waals surface area contributed by atoms with Crippen molar-refractivity contribution in [2.24, 2.45) is 0 Å². The lowest BCUT2D eigenvalue weighted by Gasteiger charge is -2.14. The van der Waals surface area contributed by atoms with Crippen molar-refractivity contribution < 1.29 is 35.1 Å². The van der Waals surface area contributed by atoms with Gasteiger partial charge in [-0.15, -0.1) is 0 Å². The Morgan fingerprint density at radius 2 is 0.636 bits per heavy atom. The summed E-state index contributed by atoms with van der Waals surface area (Å²) < 4.78 is 108. The molecule has 2 aromatic carbocycles. The van der Waals surface area contributed by atoms with Gasteiger partial charge in [-0.25, -0.2) is 35.1 Å². The van der Waals surface area contributed by atoms with Crippen molar-refractivity contribution in [3.8, 4) is 11.1 Å². The van der Waals surface area contributed by atoms with Gasteiger partial charge >= 0.3 is 0 Å². The number of hydrogen-bond acceptors (Lipinski definition) is 0. The summed E-state index contributed by atoms with van der Waals surface area (Å²) in [5, 5.41) is 0. The highest BCUT2D eigenvalue weighted by atomic mass is 19.2. The molecule has 0 bridgehead atoms. The monoisotopic (exact) mass is 326 g/mol. The van der Waals surface area contributed by atoms with Gasteiger partial charge in [0.1, 0.15) is 5.82 Å². The zero-order chi connectivity index (χ0) is 16.9. The van der Waals surface area contributed by atoms with E-state index in [9.17, 15) is 35.1 Å². The lowest BCUT2D eigenvalue weighted by molar-refractivity contribution is 0.380. The number of rotatable bonds is 1. The van der Waals surface area contributed by atoms with Gasteiger partial charge in [0, 0.05) is 0 Å². The summed E-state index contributed by atoms with van der Waals surface area (Å²) in [4.78, 5) is 0. The Kier molecular flexibility index (Phi) is 3.88. The van der Waals surface area contributed by atoms with Crippen LogP contribution < -0.4 is 0 Å². The lowest BCUT2D eigenvalue weighted by Crippen LogP contribution is -2.09. The molecule has 0 aliphatic heterocycles. The van der Waals surface area contributed by atoms with Crippen molar-refractivity contribution in [1.29, 1.82) is 0 Å². The topological polar surface area (TPSA) is 0 Å². The second kappa shape index (κ2) is 5.26. The Hall–Kier alpha value is -2.12. The van der Waals surface area contributed by atoms with Gasteiger partial charge in [-0.1, -0.05) is 0 Å². The third-order valence-corrected chi connectivity index (χ3v) is 3.31. The first kappa shape index (κ1) is 16.3. The van der Waals surface area contributed by atoms with E-state index in [2.05, 4.69) is 0 Å². The maximum Gasteiger partial charge on any atom is 0.200 e. The predicted octanol–water partition coefficient (Wildman–Crippen LogP) is 5.08. The molecule has 0 aliphatic carbocycles. The second-order valence-electron chi connectivity index (χ2n) is 4.51. The van der Waals surface area contributed by atoms with Gasteiger partial charge in [-0.2, -0.15) is 0 Å². The normalized spacial score (nSPS) is 11.2. The van der Waals surface area contributed by atoms with E-state index in [1.807, 2.05) is 0 Å². The molecule has 8 heteroatoms. The standard InChI is InChI=1S/C14H6F8/c1-3-4(2)8(16)9(17)5(7(3)15)6-10(18)12(20)14(22)13(21)11(6)19/h1-2H3. The van der Waals surface area contributed by atoms with E-state index in [-0.39, 0.29) is 0 Å². The first-order valence-corrected chi connectivity index (χ1v) is 5.76. The molecule has 22 heavy (non-hydrogen) atoms. The molecule has 0 spiro atoms. The molecule has 2 aromatic rings. The van der Waals surface area contributed by atoms with Crippen LogP contribution in [0.15, 0.2) is 0 Å². The summed E-state index contributed by atoms with van der Waals surface area (Å²) in [5.41, 5.74) is -4.50. The summed E-state index contributed by atoms with van der Waals surface area (Å²) in [6, 6.07) is 0. The van der Waals surface area contributed by atoms with E-state index in [4.69, 9.17) is 0 Å². The molecule has 0 heterocycles. The van der Waals surface area contributed by atoms with Crippen LogP contribution in [0.3, 0.4) is 0 Å². The predicted molar refractivity (Wildman–Crippen MR) is 61.0 cm³/mol. The molecule has 0 saturated heterocycles. The second-order valence-corrected chi connectivity index (χ2v) is 4.51. The summed E-state index contributed by atoms with van der Waals surface area (Å²) in [5.74, 6) is -17.4. The maximum atomic E-state index is 14.0. The fraction of sp³-hybridized carbons (Fsp3) is 0.143. The van der Waals surface area contributed by atoms with E-state index < -0.39 is 68.8 Å². The third kappa shape index (κ3) is 2.05. The van der Waals surface area contributed by atoms with Gasteiger partial charge in [0.2, 0.25) is 5.82 Å². The quantitative estimate of drug-likeness (QED) is 0.389. The van der Waals surface area contributed by atoms with Gasteiger partial charge in [-0.3, -0.25) is 0 Å². The molecule has 2 rings (SSSR count). The minimum Gasteiger partial charge on any atom is -0.206 e. The van der Waals surface area contributed by atoms with E-state index in [1.54, 1.807) is 0 Å². The van der Waals surface area contributed by atoms with Crippen LogP contribution in [0.1, 0.15) is 11.1 Å². The zero-order valence-corrected chi connectivity index (χ0v) is 11.0. The first-order valence-electron chi connectivity index (χ1n) is 5.76. The highest BCUT2D eigenvalue weighted by Crippen LogP contribution is 2.37. The van der Waals surface area contributed by atoms with Crippen molar-refractivity contribution in [1.82, 2.24) is 0 Å². The molecule has 0 N–H and O–H groups in total. The molecule has 0 atom stereocenters. The summed E-state index contributed by atoms with van der Waals surface area (Å²) in [6.45, 7) is 1.97. The van der Waals surface area contributed by atoms with E-state index in [1.165, 1.54) is 0 Å². The SMILES string of the molecule is Cc1c(C)c(F)c(-c2c(F)c(F)c(F)c(F)c2F)c(F)c1F. The fourth-order valence-electron chi connectivity index (χ4n) is 1.93. The van der Waals surface area contributed by atoms with E-state index >= 15 is 0 Å². The first-order chi connectivity index (χ1) is 10.1. The van der Waals surface area contributed by atoms with Gasteiger partial charge in [0.15, 0.2) is 34.9 Å².